The van der Waals surface area contributed by atoms with Gasteiger partial charge in [-0.15, -0.1) is 11.3 Å². The van der Waals surface area contributed by atoms with Crippen molar-refractivity contribution in [3.63, 3.8) is 0 Å². The van der Waals surface area contributed by atoms with Crippen LogP contribution in [-0.2, 0) is 12.7 Å². The lowest BCUT2D eigenvalue weighted by molar-refractivity contribution is -0.137. The van der Waals surface area contributed by atoms with Crippen LogP contribution in [0.25, 0.3) is 10.6 Å². The molecule has 1 aliphatic carbocycles. The van der Waals surface area contributed by atoms with Gasteiger partial charge < -0.3 is 5.73 Å². The van der Waals surface area contributed by atoms with Gasteiger partial charge in [-0.25, -0.2) is 9.37 Å². The molecule has 0 amide bonds. The second kappa shape index (κ2) is 5.06. The number of nitrogens with two attached hydrogens (primary N) is 1. The van der Waals surface area contributed by atoms with Crippen LogP contribution in [0.4, 0.5) is 17.6 Å². The summed E-state index contributed by atoms with van der Waals surface area (Å²) in [5.41, 5.74) is 5.36. The van der Waals surface area contributed by atoms with Crippen molar-refractivity contribution in [1.29, 1.82) is 0 Å². The summed E-state index contributed by atoms with van der Waals surface area (Å²) in [6.45, 7) is 0.256. The van der Waals surface area contributed by atoms with Gasteiger partial charge in [0.2, 0.25) is 0 Å². The number of hydrogen-bond donors (Lipinski definition) is 1. The SMILES string of the molecule is NCc1sc(-c2ccc(F)cc2C(F)(F)F)nc1C1CC1. The van der Waals surface area contributed by atoms with Gasteiger partial charge >= 0.3 is 6.18 Å². The molecule has 3 rings (SSSR count). The molecule has 1 aliphatic rings. The minimum atomic E-state index is -4.62. The number of rotatable bonds is 3. The fourth-order valence-electron chi connectivity index (χ4n) is 2.24. The summed E-state index contributed by atoms with van der Waals surface area (Å²) in [6, 6.07) is 2.66. The smallest absolute Gasteiger partial charge is 0.326 e. The molecule has 112 valence electrons. The largest absolute Gasteiger partial charge is 0.417 e. The second-order valence-corrected chi connectivity index (χ2v) is 6.08. The van der Waals surface area contributed by atoms with Crippen LogP contribution in [0.3, 0.4) is 0 Å². The van der Waals surface area contributed by atoms with E-state index in [-0.39, 0.29) is 17.1 Å². The van der Waals surface area contributed by atoms with Crippen LogP contribution in [0.2, 0.25) is 0 Å². The standard InChI is InChI=1S/C14H12F4N2S/c15-8-3-4-9(10(5-8)14(16,17)18)13-20-12(7-1-2-7)11(6-19)21-13/h3-5,7H,1-2,6,19H2. The van der Waals surface area contributed by atoms with Crippen molar-refractivity contribution in [1.82, 2.24) is 4.98 Å². The van der Waals surface area contributed by atoms with Crippen LogP contribution < -0.4 is 5.73 Å². The van der Waals surface area contributed by atoms with E-state index in [1.54, 1.807) is 0 Å². The van der Waals surface area contributed by atoms with E-state index in [1.807, 2.05) is 0 Å². The van der Waals surface area contributed by atoms with E-state index in [4.69, 9.17) is 5.73 Å². The summed E-state index contributed by atoms with van der Waals surface area (Å²) < 4.78 is 52.3. The quantitative estimate of drug-likeness (QED) is 0.857. The molecule has 0 saturated heterocycles. The summed E-state index contributed by atoms with van der Waals surface area (Å²) in [5.74, 6) is -0.604. The molecule has 1 saturated carbocycles. The zero-order valence-electron chi connectivity index (χ0n) is 10.9. The van der Waals surface area contributed by atoms with Crippen molar-refractivity contribution in [3.8, 4) is 10.6 Å². The minimum absolute atomic E-state index is 0.0875. The maximum atomic E-state index is 13.1. The minimum Gasteiger partial charge on any atom is -0.326 e. The van der Waals surface area contributed by atoms with Crippen molar-refractivity contribution in [2.45, 2.75) is 31.5 Å². The molecule has 0 bridgehead atoms. The average molecular weight is 316 g/mol. The third kappa shape index (κ3) is 2.80. The highest BCUT2D eigenvalue weighted by Crippen LogP contribution is 2.45. The molecule has 2 N–H and O–H groups in total. The molecule has 0 radical (unpaired) electrons. The topological polar surface area (TPSA) is 38.9 Å². The Morgan fingerprint density at radius 1 is 1.29 bits per heavy atom. The molecule has 0 unspecified atom stereocenters. The van der Waals surface area contributed by atoms with E-state index in [1.165, 1.54) is 0 Å². The van der Waals surface area contributed by atoms with Crippen molar-refractivity contribution in [2.24, 2.45) is 5.73 Å². The molecule has 7 heteroatoms. The van der Waals surface area contributed by atoms with Gasteiger partial charge in [-0.2, -0.15) is 13.2 Å². The summed E-state index contributed by atoms with van der Waals surface area (Å²) in [7, 11) is 0. The normalized spacial score (nSPS) is 15.5. The Labute approximate surface area is 122 Å². The maximum absolute atomic E-state index is 13.1. The molecule has 1 heterocycles. The highest BCUT2D eigenvalue weighted by atomic mass is 32.1. The second-order valence-electron chi connectivity index (χ2n) is 4.99. The molecule has 0 aliphatic heterocycles. The van der Waals surface area contributed by atoms with Crippen LogP contribution in [0.1, 0.15) is 34.9 Å². The van der Waals surface area contributed by atoms with Crippen LogP contribution in [0.15, 0.2) is 18.2 Å². The Kier molecular flexibility index (Phi) is 3.49. The van der Waals surface area contributed by atoms with E-state index in [9.17, 15) is 17.6 Å². The lowest BCUT2D eigenvalue weighted by atomic mass is 10.1. The van der Waals surface area contributed by atoms with E-state index in [2.05, 4.69) is 4.98 Å². The molecule has 0 atom stereocenters. The summed E-state index contributed by atoms with van der Waals surface area (Å²) in [4.78, 5) is 5.14. The summed E-state index contributed by atoms with van der Waals surface area (Å²) >= 11 is 1.16. The summed E-state index contributed by atoms with van der Waals surface area (Å²) in [5, 5.41) is 0.254. The zero-order valence-corrected chi connectivity index (χ0v) is 11.7. The molecule has 21 heavy (non-hydrogen) atoms. The molecule has 2 nitrogen and oxygen atoms in total. The first-order chi connectivity index (χ1) is 9.90. The predicted molar refractivity (Wildman–Crippen MR) is 72.4 cm³/mol. The molecule has 1 aromatic carbocycles. The van der Waals surface area contributed by atoms with Crippen LogP contribution in [-0.4, -0.2) is 4.98 Å². The Bertz CT molecular complexity index is 674. The van der Waals surface area contributed by atoms with E-state index < -0.39 is 17.6 Å². The van der Waals surface area contributed by atoms with E-state index >= 15 is 0 Å². The number of halogens is 4. The molecular formula is C14H12F4N2S. The summed E-state index contributed by atoms with van der Waals surface area (Å²) in [6.07, 6.45) is -2.64. The number of thiazole rings is 1. The number of hydrogen-bond acceptors (Lipinski definition) is 3. The average Bonchev–Trinajstić information content (AvgIpc) is 3.17. The van der Waals surface area contributed by atoms with Crippen molar-refractivity contribution < 1.29 is 17.6 Å². The van der Waals surface area contributed by atoms with Gasteiger partial charge in [0.05, 0.1) is 11.3 Å². The monoisotopic (exact) mass is 316 g/mol. The molecule has 2 aromatic rings. The fourth-order valence-corrected chi connectivity index (χ4v) is 3.30. The van der Waals surface area contributed by atoms with Gasteiger partial charge in [-0.3, -0.25) is 0 Å². The Morgan fingerprint density at radius 2 is 2.00 bits per heavy atom. The highest BCUT2D eigenvalue weighted by Gasteiger charge is 2.36. The highest BCUT2D eigenvalue weighted by molar-refractivity contribution is 7.15. The molecule has 0 spiro atoms. The van der Waals surface area contributed by atoms with Gasteiger partial charge in [0.25, 0.3) is 0 Å². The third-order valence-corrected chi connectivity index (χ3v) is 4.52. The van der Waals surface area contributed by atoms with Gasteiger partial charge in [0.1, 0.15) is 10.8 Å². The fraction of sp³-hybridized carbons (Fsp3) is 0.357. The van der Waals surface area contributed by atoms with Crippen LogP contribution in [0, 0.1) is 5.82 Å². The predicted octanol–water partition coefficient (Wildman–Crippen LogP) is 4.30. The lowest BCUT2D eigenvalue weighted by Crippen LogP contribution is -2.07. The van der Waals surface area contributed by atoms with Gasteiger partial charge in [0.15, 0.2) is 0 Å². The lowest BCUT2D eigenvalue weighted by Gasteiger charge is -2.11. The first kappa shape index (κ1) is 14.5. The van der Waals surface area contributed by atoms with Crippen molar-refractivity contribution in [3.05, 3.63) is 40.2 Å². The van der Waals surface area contributed by atoms with E-state index in [0.717, 1.165) is 46.9 Å². The number of alkyl halides is 3. The maximum Gasteiger partial charge on any atom is 0.417 e. The van der Waals surface area contributed by atoms with Gasteiger partial charge in [0, 0.05) is 22.9 Å². The number of aromatic nitrogens is 1. The Balaban J connectivity index is 2.12. The number of benzene rings is 1. The molecule has 1 fully saturated rings. The Hall–Kier alpha value is -1.47. The van der Waals surface area contributed by atoms with Gasteiger partial charge in [-0.1, -0.05) is 0 Å². The zero-order chi connectivity index (χ0) is 15.2. The Morgan fingerprint density at radius 3 is 2.57 bits per heavy atom. The van der Waals surface area contributed by atoms with Crippen molar-refractivity contribution >= 4 is 11.3 Å². The van der Waals surface area contributed by atoms with Gasteiger partial charge in [-0.05, 0) is 31.0 Å². The third-order valence-electron chi connectivity index (χ3n) is 3.39. The van der Waals surface area contributed by atoms with Crippen LogP contribution >= 0.6 is 11.3 Å². The molecule has 1 aromatic heterocycles. The number of nitrogens with zero attached hydrogens (tertiary/aromatic N) is 1. The van der Waals surface area contributed by atoms with Crippen LogP contribution in [0.5, 0.6) is 0 Å². The molecular weight excluding hydrogens is 304 g/mol. The first-order valence-electron chi connectivity index (χ1n) is 6.47. The first-order valence-corrected chi connectivity index (χ1v) is 7.28. The van der Waals surface area contributed by atoms with E-state index in [0.29, 0.717) is 12.0 Å². The van der Waals surface area contributed by atoms with Crippen molar-refractivity contribution in [2.75, 3.05) is 0 Å².